The van der Waals surface area contributed by atoms with Crippen molar-refractivity contribution in [2.45, 2.75) is 51.6 Å². The Kier molecular flexibility index (Phi) is 5.81. The molecule has 0 aromatic heterocycles. The molecule has 1 aromatic carbocycles. The molecule has 5 heteroatoms. The molecular weight excluding hydrogens is 282 g/mol. The molecule has 1 amide bonds. The van der Waals surface area contributed by atoms with Gasteiger partial charge in [-0.05, 0) is 18.6 Å². The summed E-state index contributed by atoms with van der Waals surface area (Å²) in [7, 11) is 0. The number of ether oxygens (including phenoxy) is 1. The second-order valence-electron chi connectivity index (χ2n) is 5.58. The normalized spacial score (nSPS) is 17.0. The van der Waals surface area contributed by atoms with Crippen LogP contribution in [0.5, 0.6) is 5.75 Å². The van der Waals surface area contributed by atoms with Gasteiger partial charge in [-0.3, -0.25) is 9.59 Å². The van der Waals surface area contributed by atoms with Gasteiger partial charge < -0.3 is 14.7 Å². The number of fused-ring (bicyclic) bond motifs is 1. The van der Waals surface area contributed by atoms with Gasteiger partial charge in [-0.15, -0.1) is 0 Å². The van der Waals surface area contributed by atoms with Gasteiger partial charge in [0.2, 0.25) is 0 Å². The summed E-state index contributed by atoms with van der Waals surface area (Å²) in [5, 5.41) is 8.94. The average molecular weight is 305 g/mol. The molecule has 22 heavy (non-hydrogen) atoms. The predicted molar refractivity (Wildman–Crippen MR) is 84.2 cm³/mol. The number of hydrogen-bond acceptors (Lipinski definition) is 3. The summed E-state index contributed by atoms with van der Waals surface area (Å²) in [4.78, 5) is 25.1. The van der Waals surface area contributed by atoms with Crippen molar-refractivity contribution in [3.63, 3.8) is 0 Å². The minimum absolute atomic E-state index is 0.253. The highest BCUT2D eigenvalue weighted by molar-refractivity contribution is 6.01. The fourth-order valence-electron chi connectivity index (χ4n) is 2.67. The van der Waals surface area contributed by atoms with E-state index in [1.54, 1.807) is 11.0 Å². The van der Waals surface area contributed by atoms with Crippen molar-refractivity contribution in [3.05, 3.63) is 24.3 Å². The van der Waals surface area contributed by atoms with Crippen molar-refractivity contribution in [1.82, 2.24) is 0 Å². The molecule has 1 aromatic rings. The summed E-state index contributed by atoms with van der Waals surface area (Å²) in [5.74, 6) is -0.695. The topological polar surface area (TPSA) is 66.8 Å². The largest absolute Gasteiger partial charge is 0.481 e. The van der Waals surface area contributed by atoms with Crippen LogP contribution in [0, 0.1) is 0 Å². The number of aliphatic carboxylic acids is 1. The lowest BCUT2D eigenvalue weighted by Gasteiger charge is -2.34. The van der Waals surface area contributed by atoms with Crippen LogP contribution in [0.3, 0.4) is 0 Å². The standard InChI is InChI=1S/C17H23NO4/c1-2-3-4-5-8-11-18-13-9-6-7-10-14(13)22-15(17(18)21)12-16(19)20/h6-7,9-10,15H,2-5,8,11-12H2,1H3,(H,19,20). The van der Waals surface area contributed by atoms with E-state index in [0.29, 0.717) is 12.3 Å². The number of carboxylic acid groups (broad SMARTS) is 1. The van der Waals surface area contributed by atoms with Crippen LogP contribution in [0.2, 0.25) is 0 Å². The number of amides is 1. The fraction of sp³-hybridized carbons (Fsp3) is 0.529. The van der Waals surface area contributed by atoms with Crippen LogP contribution >= 0.6 is 0 Å². The number of anilines is 1. The Bertz CT molecular complexity index is 529. The van der Waals surface area contributed by atoms with E-state index in [2.05, 4.69) is 6.92 Å². The van der Waals surface area contributed by atoms with Gasteiger partial charge in [-0.1, -0.05) is 44.7 Å². The smallest absolute Gasteiger partial charge is 0.307 e. The second-order valence-corrected chi connectivity index (χ2v) is 5.58. The number of para-hydroxylation sites is 2. The molecule has 0 aliphatic carbocycles. The molecule has 5 nitrogen and oxygen atoms in total. The summed E-state index contributed by atoms with van der Waals surface area (Å²) < 4.78 is 5.56. The zero-order valence-corrected chi connectivity index (χ0v) is 13.0. The quantitative estimate of drug-likeness (QED) is 0.749. The molecule has 0 fully saturated rings. The van der Waals surface area contributed by atoms with Gasteiger partial charge in [0, 0.05) is 6.54 Å². The molecule has 1 aliphatic heterocycles. The number of unbranched alkanes of at least 4 members (excludes halogenated alkanes) is 4. The monoisotopic (exact) mass is 305 g/mol. The maximum absolute atomic E-state index is 12.5. The number of rotatable bonds is 8. The van der Waals surface area contributed by atoms with Crippen molar-refractivity contribution >= 4 is 17.6 Å². The van der Waals surface area contributed by atoms with Crippen LogP contribution in [-0.4, -0.2) is 29.6 Å². The van der Waals surface area contributed by atoms with E-state index >= 15 is 0 Å². The Balaban J connectivity index is 2.07. The van der Waals surface area contributed by atoms with Crippen LogP contribution in [0.25, 0.3) is 0 Å². The molecule has 0 radical (unpaired) electrons. The molecule has 1 atom stereocenters. The average Bonchev–Trinajstić information content (AvgIpc) is 2.49. The summed E-state index contributed by atoms with van der Waals surface area (Å²) in [6, 6.07) is 7.31. The number of carboxylic acids is 1. The minimum atomic E-state index is -1.03. The molecule has 0 bridgehead atoms. The van der Waals surface area contributed by atoms with Crippen LogP contribution in [0.15, 0.2) is 24.3 Å². The van der Waals surface area contributed by atoms with Crippen LogP contribution < -0.4 is 9.64 Å². The maximum Gasteiger partial charge on any atom is 0.307 e. The van der Waals surface area contributed by atoms with Gasteiger partial charge in [-0.25, -0.2) is 0 Å². The van der Waals surface area contributed by atoms with Gasteiger partial charge in [0.05, 0.1) is 12.1 Å². The number of carbonyl (C=O) groups is 2. The number of hydrogen-bond donors (Lipinski definition) is 1. The van der Waals surface area contributed by atoms with Crippen molar-refractivity contribution < 1.29 is 19.4 Å². The molecule has 120 valence electrons. The molecule has 1 N–H and O–H groups in total. The van der Waals surface area contributed by atoms with E-state index < -0.39 is 12.1 Å². The first-order chi connectivity index (χ1) is 10.6. The Labute approximate surface area is 130 Å². The van der Waals surface area contributed by atoms with E-state index in [4.69, 9.17) is 9.84 Å². The number of carbonyl (C=O) groups excluding carboxylic acids is 1. The summed E-state index contributed by atoms with van der Waals surface area (Å²) in [6.45, 7) is 2.78. The predicted octanol–water partition coefficient (Wildman–Crippen LogP) is 3.23. The Morgan fingerprint density at radius 3 is 2.68 bits per heavy atom. The van der Waals surface area contributed by atoms with Crippen LogP contribution in [-0.2, 0) is 9.59 Å². The molecule has 1 aliphatic rings. The Morgan fingerprint density at radius 1 is 1.23 bits per heavy atom. The molecule has 1 unspecified atom stereocenters. The van der Waals surface area contributed by atoms with Crippen LogP contribution in [0.4, 0.5) is 5.69 Å². The SMILES string of the molecule is CCCCCCCN1C(=O)C(CC(=O)O)Oc2ccccc21. The third-order valence-electron chi connectivity index (χ3n) is 3.81. The van der Waals surface area contributed by atoms with Gasteiger partial charge in [0.15, 0.2) is 6.10 Å². The Hall–Kier alpha value is -2.04. The minimum Gasteiger partial charge on any atom is -0.481 e. The maximum atomic E-state index is 12.5. The van der Waals surface area contributed by atoms with E-state index in [1.165, 1.54) is 12.8 Å². The lowest BCUT2D eigenvalue weighted by Crippen LogP contribution is -2.47. The zero-order valence-electron chi connectivity index (χ0n) is 13.0. The van der Waals surface area contributed by atoms with Crippen molar-refractivity contribution in [2.75, 3.05) is 11.4 Å². The van der Waals surface area contributed by atoms with Gasteiger partial charge in [0.1, 0.15) is 5.75 Å². The highest BCUT2D eigenvalue weighted by Crippen LogP contribution is 2.34. The van der Waals surface area contributed by atoms with E-state index in [9.17, 15) is 9.59 Å². The van der Waals surface area contributed by atoms with Gasteiger partial charge in [-0.2, -0.15) is 0 Å². The molecule has 0 saturated carbocycles. The lowest BCUT2D eigenvalue weighted by molar-refractivity contribution is -0.142. The van der Waals surface area contributed by atoms with Crippen molar-refractivity contribution in [2.24, 2.45) is 0 Å². The lowest BCUT2D eigenvalue weighted by atomic mass is 10.1. The fourth-order valence-corrected chi connectivity index (χ4v) is 2.67. The van der Waals surface area contributed by atoms with Gasteiger partial charge >= 0.3 is 5.97 Å². The first-order valence-corrected chi connectivity index (χ1v) is 7.92. The van der Waals surface area contributed by atoms with E-state index in [1.807, 2.05) is 18.2 Å². The third-order valence-corrected chi connectivity index (χ3v) is 3.81. The first kappa shape index (κ1) is 16.3. The molecule has 1 heterocycles. The highest BCUT2D eigenvalue weighted by atomic mass is 16.5. The number of nitrogens with zero attached hydrogens (tertiary/aromatic N) is 1. The summed E-state index contributed by atoms with van der Waals surface area (Å²) in [6.07, 6.45) is 4.30. The molecule has 2 rings (SSSR count). The Morgan fingerprint density at radius 2 is 1.95 bits per heavy atom. The summed E-state index contributed by atoms with van der Waals surface area (Å²) in [5.41, 5.74) is 0.740. The molecule has 0 spiro atoms. The van der Waals surface area contributed by atoms with Crippen molar-refractivity contribution in [3.8, 4) is 5.75 Å². The van der Waals surface area contributed by atoms with Gasteiger partial charge in [0.25, 0.3) is 5.91 Å². The zero-order chi connectivity index (χ0) is 15.9. The van der Waals surface area contributed by atoms with Crippen LogP contribution in [0.1, 0.15) is 45.4 Å². The summed E-state index contributed by atoms with van der Waals surface area (Å²) >= 11 is 0. The highest BCUT2D eigenvalue weighted by Gasteiger charge is 2.35. The van der Waals surface area contributed by atoms with E-state index in [0.717, 1.165) is 24.9 Å². The first-order valence-electron chi connectivity index (χ1n) is 7.92. The molecular formula is C17H23NO4. The molecule has 0 saturated heterocycles. The third kappa shape index (κ3) is 4.00. The second kappa shape index (κ2) is 7.82. The van der Waals surface area contributed by atoms with E-state index in [-0.39, 0.29) is 12.3 Å². The van der Waals surface area contributed by atoms with Crippen molar-refractivity contribution in [1.29, 1.82) is 0 Å². The number of benzene rings is 1.